The maximum absolute atomic E-state index is 13.2. The van der Waals surface area contributed by atoms with E-state index in [1.165, 1.54) is 12.1 Å². The number of halogens is 2. The molecule has 0 amide bonds. The van der Waals surface area contributed by atoms with Gasteiger partial charge in [0.15, 0.2) is 0 Å². The van der Waals surface area contributed by atoms with Crippen molar-refractivity contribution in [3.63, 3.8) is 0 Å². The van der Waals surface area contributed by atoms with Crippen molar-refractivity contribution in [2.45, 2.75) is 6.54 Å². The lowest BCUT2D eigenvalue weighted by atomic mass is 10.2. The Morgan fingerprint density at radius 1 is 1.38 bits per heavy atom. The highest BCUT2D eigenvalue weighted by Crippen LogP contribution is 2.15. The van der Waals surface area contributed by atoms with Crippen LogP contribution in [0.5, 0.6) is 0 Å². The molecular weight excluding hydrogens is 212 g/mol. The second-order valence-corrected chi connectivity index (χ2v) is 3.50. The lowest BCUT2D eigenvalue weighted by Crippen LogP contribution is -2.00. The summed E-state index contributed by atoms with van der Waals surface area (Å²) in [7, 11) is 1.81. The molecule has 0 aliphatic rings. The van der Waals surface area contributed by atoms with E-state index in [1.54, 1.807) is 10.9 Å². The minimum Gasteiger partial charge on any atom is -0.378 e. The zero-order valence-corrected chi connectivity index (χ0v) is 8.74. The van der Waals surface area contributed by atoms with E-state index >= 15 is 0 Å². The van der Waals surface area contributed by atoms with E-state index in [1.807, 2.05) is 13.2 Å². The molecule has 0 aliphatic carbocycles. The van der Waals surface area contributed by atoms with Gasteiger partial charge >= 0.3 is 0 Å². The molecule has 0 bridgehead atoms. The Labute approximate surface area is 91.7 Å². The first-order valence-electron chi connectivity index (χ1n) is 4.81. The fraction of sp³-hybridized carbons (Fsp3) is 0.182. The van der Waals surface area contributed by atoms with Crippen LogP contribution in [0.3, 0.4) is 0 Å². The highest BCUT2D eigenvalue weighted by Gasteiger charge is 2.03. The lowest BCUT2D eigenvalue weighted by molar-refractivity contribution is 0.585. The van der Waals surface area contributed by atoms with Gasteiger partial charge in [-0.05, 0) is 12.1 Å². The number of hydrogen-bond donors (Lipinski definition) is 1. The SMILES string of the molecule is Cn1cc(CNc2ccc(F)cc2F)cn1. The molecule has 0 aliphatic heterocycles. The number of aryl methyl sites for hydroxylation is 1. The number of nitrogens with one attached hydrogen (secondary N) is 1. The highest BCUT2D eigenvalue weighted by molar-refractivity contribution is 5.44. The normalized spacial score (nSPS) is 10.4. The first-order valence-corrected chi connectivity index (χ1v) is 4.81. The van der Waals surface area contributed by atoms with Crippen LogP contribution in [-0.2, 0) is 13.6 Å². The quantitative estimate of drug-likeness (QED) is 0.865. The number of nitrogens with zero attached hydrogens (tertiary/aromatic N) is 2. The van der Waals surface area contributed by atoms with Gasteiger partial charge in [0, 0.05) is 31.4 Å². The van der Waals surface area contributed by atoms with Crippen LogP contribution in [0.25, 0.3) is 0 Å². The van der Waals surface area contributed by atoms with Crippen molar-refractivity contribution in [2.75, 3.05) is 5.32 Å². The zero-order valence-electron chi connectivity index (χ0n) is 8.74. The van der Waals surface area contributed by atoms with Gasteiger partial charge in [-0.1, -0.05) is 0 Å². The number of aromatic nitrogens is 2. The molecule has 0 radical (unpaired) electrons. The summed E-state index contributed by atoms with van der Waals surface area (Å²) in [5.74, 6) is -1.17. The van der Waals surface area contributed by atoms with Gasteiger partial charge in [-0.15, -0.1) is 0 Å². The molecule has 84 valence electrons. The number of benzene rings is 1. The summed E-state index contributed by atoms with van der Waals surface area (Å²) in [6.45, 7) is 0.455. The molecule has 0 saturated carbocycles. The topological polar surface area (TPSA) is 29.9 Å². The highest BCUT2D eigenvalue weighted by atomic mass is 19.1. The Balaban J connectivity index is 2.04. The third kappa shape index (κ3) is 2.36. The van der Waals surface area contributed by atoms with Crippen LogP contribution in [0.4, 0.5) is 14.5 Å². The van der Waals surface area contributed by atoms with E-state index in [4.69, 9.17) is 0 Å². The van der Waals surface area contributed by atoms with E-state index in [9.17, 15) is 8.78 Å². The van der Waals surface area contributed by atoms with Gasteiger partial charge in [0.1, 0.15) is 11.6 Å². The van der Waals surface area contributed by atoms with Crippen molar-refractivity contribution < 1.29 is 8.78 Å². The molecule has 2 rings (SSSR count). The predicted molar refractivity (Wildman–Crippen MR) is 56.9 cm³/mol. The summed E-state index contributed by atoms with van der Waals surface area (Å²) < 4.78 is 27.5. The van der Waals surface area contributed by atoms with Crippen LogP contribution in [-0.4, -0.2) is 9.78 Å². The van der Waals surface area contributed by atoms with Gasteiger partial charge in [-0.3, -0.25) is 4.68 Å². The van der Waals surface area contributed by atoms with Crippen LogP contribution >= 0.6 is 0 Å². The molecule has 1 aromatic heterocycles. The number of anilines is 1. The molecule has 0 saturated heterocycles. The molecule has 5 heteroatoms. The summed E-state index contributed by atoms with van der Waals surface area (Å²) >= 11 is 0. The van der Waals surface area contributed by atoms with Crippen molar-refractivity contribution in [2.24, 2.45) is 7.05 Å². The van der Waals surface area contributed by atoms with Crippen molar-refractivity contribution in [3.8, 4) is 0 Å². The third-order valence-electron chi connectivity index (χ3n) is 2.17. The van der Waals surface area contributed by atoms with Crippen molar-refractivity contribution in [1.82, 2.24) is 9.78 Å². The second kappa shape index (κ2) is 4.30. The van der Waals surface area contributed by atoms with Gasteiger partial charge < -0.3 is 5.32 Å². The van der Waals surface area contributed by atoms with E-state index in [-0.39, 0.29) is 5.69 Å². The summed E-state index contributed by atoms with van der Waals surface area (Å²) in [5, 5.41) is 6.86. The van der Waals surface area contributed by atoms with E-state index in [0.29, 0.717) is 6.54 Å². The summed E-state index contributed by atoms with van der Waals surface area (Å²) in [6, 6.07) is 3.45. The maximum Gasteiger partial charge on any atom is 0.149 e. The maximum atomic E-state index is 13.2. The summed E-state index contributed by atoms with van der Waals surface area (Å²) in [4.78, 5) is 0. The third-order valence-corrected chi connectivity index (χ3v) is 2.17. The molecule has 1 aromatic carbocycles. The van der Waals surface area contributed by atoms with Crippen LogP contribution in [0.1, 0.15) is 5.56 Å². The molecule has 1 heterocycles. The van der Waals surface area contributed by atoms with Crippen LogP contribution in [0.15, 0.2) is 30.6 Å². The van der Waals surface area contributed by atoms with Gasteiger partial charge in [-0.2, -0.15) is 5.10 Å². The number of rotatable bonds is 3. The van der Waals surface area contributed by atoms with E-state index < -0.39 is 11.6 Å². The van der Waals surface area contributed by atoms with E-state index in [2.05, 4.69) is 10.4 Å². The average molecular weight is 223 g/mol. The predicted octanol–water partition coefficient (Wildman–Crippen LogP) is 2.31. The standard InChI is InChI=1S/C11H11F2N3/c1-16-7-8(6-15-16)5-14-11-3-2-9(12)4-10(11)13/h2-4,6-7,14H,5H2,1H3. The monoisotopic (exact) mass is 223 g/mol. The first kappa shape index (κ1) is 10.6. The minimum atomic E-state index is -0.594. The Morgan fingerprint density at radius 2 is 2.19 bits per heavy atom. The molecule has 3 nitrogen and oxygen atoms in total. The summed E-state index contributed by atoms with van der Waals surface area (Å²) in [6.07, 6.45) is 3.52. The molecule has 0 unspecified atom stereocenters. The Bertz CT molecular complexity index is 494. The molecule has 0 fully saturated rings. The Kier molecular flexibility index (Phi) is 2.85. The largest absolute Gasteiger partial charge is 0.378 e. The molecule has 0 spiro atoms. The first-order chi connectivity index (χ1) is 7.65. The van der Waals surface area contributed by atoms with Crippen molar-refractivity contribution in [3.05, 3.63) is 47.8 Å². The number of hydrogen-bond acceptors (Lipinski definition) is 2. The minimum absolute atomic E-state index is 0.283. The van der Waals surface area contributed by atoms with Gasteiger partial charge in [-0.25, -0.2) is 8.78 Å². The van der Waals surface area contributed by atoms with Crippen LogP contribution < -0.4 is 5.32 Å². The van der Waals surface area contributed by atoms with Crippen molar-refractivity contribution in [1.29, 1.82) is 0 Å². The molecule has 16 heavy (non-hydrogen) atoms. The fourth-order valence-electron chi connectivity index (χ4n) is 1.39. The van der Waals surface area contributed by atoms with Crippen LogP contribution in [0.2, 0.25) is 0 Å². The van der Waals surface area contributed by atoms with Gasteiger partial charge in [0.25, 0.3) is 0 Å². The van der Waals surface area contributed by atoms with Crippen molar-refractivity contribution >= 4 is 5.69 Å². The molecular formula is C11H11F2N3. The summed E-state index contributed by atoms with van der Waals surface area (Å²) in [5.41, 5.74) is 1.22. The smallest absolute Gasteiger partial charge is 0.149 e. The second-order valence-electron chi connectivity index (χ2n) is 3.50. The molecule has 1 N–H and O–H groups in total. The van der Waals surface area contributed by atoms with Gasteiger partial charge in [0.2, 0.25) is 0 Å². The van der Waals surface area contributed by atoms with Gasteiger partial charge in [0.05, 0.1) is 11.9 Å². The Morgan fingerprint density at radius 3 is 2.81 bits per heavy atom. The fourth-order valence-corrected chi connectivity index (χ4v) is 1.39. The lowest BCUT2D eigenvalue weighted by Gasteiger charge is -2.05. The Hall–Kier alpha value is -1.91. The molecule has 0 atom stereocenters. The average Bonchev–Trinajstić information content (AvgIpc) is 2.63. The molecule has 2 aromatic rings. The van der Waals surface area contributed by atoms with E-state index in [0.717, 1.165) is 11.6 Å². The van der Waals surface area contributed by atoms with Crippen LogP contribution in [0, 0.1) is 11.6 Å². The zero-order chi connectivity index (χ0) is 11.5.